The average molecular weight is 481 g/mol. The van der Waals surface area contributed by atoms with Crippen LogP contribution < -0.4 is 15.4 Å². The van der Waals surface area contributed by atoms with Crippen molar-refractivity contribution < 1.29 is 28.2 Å². The van der Waals surface area contributed by atoms with E-state index in [9.17, 15) is 18.4 Å². The topological polar surface area (TPSA) is 105 Å². The van der Waals surface area contributed by atoms with Crippen LogP contribution in [0.5, 0.6) is 5.75 Å². The number of ether oxygens (including phenoxy) is 1. The summed E-state index contributed by atoms with van der Waals surface area (Å²) < 4.78 is 34.9. The summed E-state index contributed by atoms with van der Waals surface area (Å²) in [6.45, 7) is 4.85. The Morgan fingerprint density at radius 2 is 1.94 bits per heavy atom. The van der Waals surface area contributed by atoms with Crippen LogP contribution in [0.2, 0.25) is 5.02 Å². The molecule has 0 saturated heterocycles. The Balaban J connectivity index is 1.82. The molecule has 3 N–H and O–H groups in total. The third-order valence-electron chi connectivity index (χ3n) is 4.96. The molecular formula is C22H23ClF2N4O4. The molecule has 176 valence electrons. The van der Waals surface area contributed by atoms with Gasteiger partial charge < -0.3 is 20.5 Å². The first-order chi connectivity index (χ1) is 15.5. The molecule has 2 amide bonds. The molecule has 3 rings (SSSR count). The maximum absolute atomic E-state index is 13.9. The molecular weight excluding hydrogens is 458 g/mol. The molecule has 0 aliphatic rings. The van der Waals surface area contributed by atoms with Gasteiger partial charge in [0.1, 0.15) is 23.9 Å². The number of carboxylic acid groups (broad SMARTS) is 1. The van der Waals surface area contributed by atoms with Crippen LogP contribution in [0.25, 0.3) is 5.65 Å². The molecule has 0 radical (unpaired) electrons. The van der Waals surface area contributed by atoms with E-state index >= 15 is 0 Å². The number of carbonyl (C=O) groups is 2. The van der Waals surface area contributed by atoms with Gasteiger partial charge in [0.25, 0.3) is 5.91 Å². The largest absolute Gasteiger partial charge is 0.485 e. The van der Waals surface area contributed by atoms with Crippen molar-refractivity contribution in [3.05, 3.63) is 64.1 Å². The number of hydrogen-bond acceptors (Lipinski definition) is 4. The minimum absolute atomic E-state index is 0.152. The summed E-state index contributed by atoms with van der Waals surface area (Å²) in [5.74, 6) is -1.78. The highest BCUT2D eigenvalue weighted by Gasteiger charge is 2.23. The number of aromatic nitrogens is 2. The number of fused-ring (bicyclic) bond motifs is 1. The van der Waals surface area contributed by atoms with Gasteiger partial charge in [-0.05, 0) is 39.3 Å². The Kier molecular flexibility index (Phi) is 7.06. The van der Waals surface area contributed by atoms with Gasteiger partial charge in [0, 0.05) is 24.3 Å². The average Bonchev–Trinajstić information content (AvgIpc) is 3.02. The monoisotopic (exact) mass is 480 g/mol. The first-order valence-electron chi connectivity index (χ1n) is 10.0. The van der Waals surface area contributed by atoms with Crippen LogP contribution in [-0.4, -0.2) is 38.6 Å². The molecule has 0 spiro atoms. The molecule has 0 fully saturated rings. The summed E-state index contributed by atoms with van der Waals surface area (Å²) in [5, 5.41) is 14.2. The molecule has 1 aromatic carbocycles. The summed E-state index contributed by atoms with van der Waals surface area (Å²) in [4.78, 5) is 28.1. The van der Waals surface area contributed by atoms with Crippen molar-refractivity contribution >= 4 is 29.2 Å². The van der Waals surface area contributed by atoms with Gasteiger partial charge in [-0.15, -0.1) is 0 Å². The van der Waals surface area contributed by atoms with E-state index in [2.05, 4.69) is 15.6 Å². The van der Waals surface area contributed by atoms with Crippen molar-refractivity contribution in [1.29, 1.82) is 0 Å². The summed E-state index contributed by atoms with van der Waals surface area (Å²) in [6.07, 6.45) is 0.684. The van der Waals surface area contributed by atoms with E-state index in [-0.39, 0.29) is 34.2 Å². The number of nitrogens with one attached hydrogen (secondary N) is 2. The minimum atomic E-state index is -1.15. The molecule has 2 aromatic heterocycles. The second kappa shape index (κ2) is 9.62. The maximum atomic E-state index is 13.9. The first kappa shape index (κ1) is 24.2. The highest BCUT2D eigenvalue weighted by molar-refractivity contribution is 6.30. The Bertz CT molecular complexity index is 1190. The lowest BCUT2D eigenvalue weighted by Gasteiger charge is -2.24. The molecule has 0 aliphatic carbocycles. The van der Waals surface area contributed by atoms with E-state index in [1.54, 1.807) is 20.8 Å². The third-order valence-corrected chi connectivity index (χ3v) is 5.16. The van der Waals surface area contributed by atoms with Crippen molar-refractivity contribution in [2.24, 2.45) is 0 Å². The standard InChI is InChI=1S/C22H23ClF2N4O4/c1-12-18(20(30)26-8-7-22(2,3)28-21(31)32)29-10-13(23)9-17(19(29)27-12)33-11-14-15(24)5-4-6-16(14)25/h4-6,9-10,28H,7-8,11H2,1-3H3,(H,26,30)(H,31,32). The van der Waals surface area contributed by atoms with Crippen molar-refractivity contribution in [2.45, 2.75) is 39.3 Å². The number of pyridine rings is 1. The zero-order valence-electron chi connectivity index (χ0n) is 18.2. The number of aryl methyl sites for hydroxylation is 1. The molecule has 0 bridgehead atoms. The third kappa shape index (κ3) is 5.70. The quantitative estimate of drug-likeness (QED) is 0.445. The number of halogens is 3. The van der Waals surface area contributed by atoms with E-state index in [1.807, 2.05) is 0 Å². The number of amides is 2. The minimum Gasteiger partial charge on any atom is -0.485 e. The zero-order chi connectivity index (χ0) is 24.3. The lowest BCUT2D eigenvalue weighted by molar-refractivity contribution is 0.0944. The first-order valence-corrected chi connectivity index (χ1v) is 10.4. The Hall–Kier alpha value is -3.40. The van der Waals surface area contributed by atoms with Crippen LogP contribution in [0, 0.1) is 18.6 Å². The van der Waals surface area contributed by atoms with Gasteiger partial charge in [-0.25, -0.2) is 18.6 Å². The smallest absolute Gasteiger partial charge is 0.405 e. The fourth-order valence-electron chi connectivity index (χ4n) is 3.32. The van der Waals surface area contributed by atoms with Gasteiger partial charge in [0.2, 0.25) is 0 Å². The van der Waals surface area contributed by atoms with Crippen LogP contribution in [-0.2, 0) is 6.61 Å². The molecule has 2 heterocycles. The van der Waals surface area contributed by atoms with Crippen molar-refractivity contribution in [1.82, 2.24) is 20.0 Å². The van der Waals surface area contributed by atoms with Gasteiger partial charge >= 0.3 is 6.09 Å². The van der Waals surface area contributed by atoms with E-state index < -0.39 is 35.8 Å². The van der Waals surface area contributed by atoms with Crippen LogP contribution >= 0.6 is 11.6 Å². The number of hydrogen-bond donors (Lipinski definition) is 3. The predicted molar refractivity (Wildman–Crippen MR) is 118 cm³/mol. The SMILES string of the molecule is Cc1nc2c(OCc3c(F)cccc3F)cc(Cl)cn2c1C(=O)NCCC(C)(C)NC(=O)O. The Morgan fingerprint density at radius 1 is 1.27 bits per heavy atom. The van der Waals surface area contributed by atoms with Crippen molar-refractivity contribution in [2.75, 3.05) is 6.54 Å². The van der Waals surface area contributed by atoms with Gasteiger partial charge in [0.15, 0.2) is 11.4 Å². The van der Waals surface area contributed by atoms with Crippen LogP contribution in [0.3, 0.4) is 0 Å². The van der Waals surface area contributed by atoms with E-state index in [0.717, 1.165) is 12.1 Å². The van der Waals surface area contributed by atoms with E-state index in [4.69, 9.17) is 21.4 Å². The summed E-state index contributed by atoms with van der Waals surface area (Å²) >= 11 is 6.19. The fraction of sp³-hybridized carbons (Fsp3) is 0.318. The molecule has 0 unspecified atom stereocenters. The highest BCUT2D eigenvalue weighted by Crippen LogP contribution is 2.28. The number of benzene rings is 1. The summed E-state index contributed by atoms with van der Waals surface area (Å²) in [6, 6.07) is 4.97. The van der Waals surface area contributed by atoms with E-state index in [0.29, 0.717) is 12.1 Å². The molecule has 8 nitrogen and oxygen atoms in total. The van der Waals surface area contributed by atoms with Gasteiger partial charge in [-0.1, -0.05) is 17.7 Å². The second-order valence-corrected chi connectivity index (χ2v) is 8.51. The number of nitrogens with zero attached hydrogens (tertiary/aromatic N) is 2. The van der Waals surface area contributed by atoms with Crippen molar-refractivity contribution in [3.8, 4) is 5.75 Å². The number of imidazole rings is 1. The predicted octanol–water partition coefficient (Wildman–Crippen LogP) is 4.32. The zero-order valence-corrected chi connectivity index (χ0v) is 19.0. The summed E-state index contributed by atoms with van der Waals surface area (Å²) in [5.41, 5.74) is -0.126. The molecule has 11 heteroatoms. The number of carbonyl (C=O) groups excluding carboxylic acids is 1. The summed E-state index contributed by atoms with van der Waals surface area (Å²) in [7, 11) is 0. The van der Waals surface area contributed by atoms with Crippen LogP contribution in [0.15, 0.2) is 30.5 Å². The number of rotatable bonds is 8. The Morgan fingerprint density at radius 3 is 2.58 bits per heavy atom. The van der Waals surface area contributed by atoms with Crippen molar-refractivity contribution in [3.63, 3.8) is 0 Å². The molecule has 0 atom stereocenters. The maximum Gasteiger partial charge on any atom is 0.405 e. The van der Waals surface area contributed by atoms with Gasteiger partial charge in [0.05, 0.1) is 16.3 Å². The molecule has 33 heavy (non-hydrogen) atoms. The second-order valence-electron chi connectivity index (χ2n) is 8.07. The van der Waals surface area contributed by atoms with Gasteiger partial charge in [-0.3, -0.25) is 9.20 Å². The fourth-order valence-corrected chi connectivity index (χ4v) is 3.52. The van der Waals surface area contributed by atoms with Crippen LogP contribution in [0.4, 0.5) is 13.6 Å². The normalized spacial score (nSPS) is 11.5. The van der Waals surface area contributed by atoms with Crippen LogP contribution in [0.1, 0.15) is 42.0 Å². The lowest BCUT2D eigenvalue weighted by Crippen LogP contribution is -2.45. The van der Waals surface area contributed by atoms with E-state index in [1.165, 1.54) is 22.7 Å². The molecule has 3 aromatic rings. The lowest BCUT2D eigenvalue weighted by atomic mass is 10.0. The molecule has 0 aliphatic heterocycles. The van der Waals surface area contributed by atoms with Gasteiger partial charge in [-0.2, -0.15) is 0 Å². The Labute approximate surface area is 193 Å². The highest BCUT2D eigenvalue weighted by atomic mass is 35.5. The molecule has 0 saturated carbocycles.